The van der Waals surface area contributed by atoms with Crippen LogP contribution in [0.2, 0.25) is 0 Å². The van der Waals surface area contributed by atoms with E-state index in [9.17, 15) is 9.90 Å². The Labute approximate surface area is 202 Å². The number of rotatable bonds is 10. The van der Waals surface area contributed by atoms with Crippen molar-refractivity contribution < 1.29 is 19.4 Å². The minimum absolute atomic E-state index is 0.00377. The van der Waals surface area contributed by atoms with Crippen LogP contribution >= 0.6 is 0 Å². The molecule has 0 bridgehead atoms. The summed E-state index contributed by atoms with van der Waals surface area (Å²) in [6.07, 6.45) is 3.75. The van der Waals surface area contributed by atoms with Crippen molar-refractivity contribution in [3.05, 3.63) is 77.5 Å². The molecule has 0 spiro atoms. The first-order chi connectivity index (χ1) is 16.2. The molecule has 0 radical (unpaired) electrons. The van der Waals surface area contributed by atoms with Crippen molar-refractivity contribution in [1.82, 2.24) is 4.98 Å². The van der Waals surface area contributed by atoms with Gasteiger partial charge >= 0.3 is 5.97 Å². The monoisotopic (exact) mass is 461 g/mol. The van der Waals surface area contributed by atoms with E-state index in [2.05, 4.69) is 50.9 Å². The quantitative estimate of drug-likeness (QED) is 0.352. The van der Waals surface area contributed by atoms with E-state index in [0.717, 1.165) is 40.8 Å². The molecule has 1 aromatic heterocycles. The highest BCUT2D eigenvalue weighted by Crippen LogP contribution is 2.34. The van der Waals surface area contributed by atoms with E-state index >= 15 is 0 Å². The van der Waals surface area contributed by atoms with Crippen molar-refractivity contribution in [2.75, 3.05) is 7.11 Å². The summed E-state index contributed by atoms with van der Waals surface area (Å²) in [6, 6.07) is 18.2. The van der Waals surface area contributed by atoms with E-state index in [1.807, 2.05) is 42.6 Å². The topological polar surface area (TPSA) is 68.7 Å². The number of aliphatic carboxylic acids is 1. The lowest BCUT2D eigenvalue weighted by atomic mass is 9.81. The molecule has 34 heavy (non-hydrogen) atoms. The number of hydrogen-bond donors (Lipinski definition) is 1. The standard InChI is InChI=1S/C29H35NO4/c1-6-8-21(17-28(31)32)22-9-7-10-24(16-22)34-19-20-11-13-25(26(15-20)29(2,3)4)23-12-14-27(33-5)30-18-23/h7,9-16,18,21H,6,8,17,19H2,1-5H3,(H,31,32)/t21-/m1/s1. The molecule has 0 amide bonds. The summed E-state index contributed by atoms with van der Waals surface area (Å²) < 4.78 is 11.3. The number of pyridine rings is 1. The smallest absolute Gasteiger partial charge is 0.303 e. The lowest BCUT2D eigenvalue weighted by Crippen LogP contribution is -2.14. The zero-order chi connectivity index (χ0) is 24.7. The summed E-state index contributed by atoms with van der Waals surface area (Å²) in [6.45, 7) is 9.12. The first kappa shape index (κ1) is 25.3. The van der Waals surface area contributed by atoms with Gasteiger partial charge in [0.25, 0.3) is 0 Å². The van der Waals surface area contributed by atoms with Gasteiger partial charge in [-0.25, -0.2) is 4.98 Å². The van der Waals surface area contributed by atoms with Gasteiger partial charge in [-0.1, -0.05) is 64.4 Å². The predicted octanol–water partition coefficient (Wildman–Crippen LogP) is 6.99. The molecule has 3 aromatic rings. The molecular formula is C29H35NO4. The molecule has 1 heterocycles. The molecule has 5 heteroatoms. The van der Waals surface area contributed by atoms with Crippen molar-refractivity contribution in [3.8, 4) is 22.8 Å². The minimum atomic E-state index is -0.772. The fraction of sp³-hybridized carbons (Fsp3) is 0.379. The highest BCUT2D eigenvalue weighted by Gasteiger charge is 2.20. The molecule has 0 aliphatic carbocycles. The maximum Gasteiger partial charge on any atom is 0.303 e. The lowest BCUT2D eigenvalue weighted by Gasteiger charge is -2.24. The summed E-state index contributed by atoms with van der Waals surface area (Å²) in [7, 11) is 1.61. The van der Waals surface area contributed by atoms with E-state index < -0.39 is 5.97 Å². The van der Waals surface area contributed by atoms with Crippen molar-refractivity contribution in [2.45, 2.75) is 64.9 Å². The Morgan fingerprint density at radius 1 is 1.09 bits per heavy atom. The molecule has 0 aliphatic heterocycles. The Balaban J connectivity index is 1.82. The van der Waals surface area contributed by atoms with Crippen LogP contribution in [-0.4, -0.2) is 23.2 Å². The van der Waals surface area contributed by atoms with Gasteiger partial charge in [0, 0.05) is 17.8 Å². The van der Waals surface area contributed by atoms with E-state index in [-0.39, 0.29) is 17.8 Å². The maximum absolute atomic E-state index is 11.3. The van der Waals surface area contributed by atoms with Crippen molar-refractivity contribution >= 4 is 5.97 Å². The van der Waals surface area contributed by atoms with Gasteiger partial charge in [0.2, 0.25) is 5.88 Å². The van der Waals surface area contributed by atoms with Gasteiger partial charge in [0.15, 0.2) is 0 Å². The molecule has 0 saturated heterocycles. The first-order valence-electron chi connectivity index (χ1n) is 11.8. The Kier molecular flexibility index (Phi) is 8.32. The second-order valence-electron chi connectivity index (χ2n) is 9.66. The van der Waals surface area contributed by atoms with Crippen molar-refractivity contribution in [1.29, 1.82) is 0 Å². The van der Waals surface area contributed by atoms with Crippen LogP contribution in [0.4, 0.5) is 0 Å². The van der Waals surface area contributed by atoms with Gasteiger partial charge in [-0.05, 0) is 58.2 Å². The third kappa shape index (κ3) is 6.60. The van der Waals surface area contributed by atoms with Crippen molar-refractivity contribution in [2.24, 2.45) is 0 Å². The summed E-state index contributed by atoms with van der Waals surface area (Å²) in [5.74, 6) is 0.574. The highest BCUT2D eigenvalue weighted by atomic mass is 16.5. The van der Waals surface area contributed by atoms with Gasteiger partial charge < -0.3 is 14.6 Å². The van der Waals surface area contributed by atoms with Crippen LogP contribution in [0.3, 0.4) is 0 Å². The van der Waals surface area contributed by atoms with Crippen LogP contribution in [0.25, 0.3) is 11.1 Å². The fourth-order valence-electron chi connectivity index (χ4n) is 4.18. The van der Waals surface area contributed by atoms with Crippen LogP contribution in [0, 0.1) is 0 Å². The van der Waals surface area contributed by atoms with Gasteiger partial charge in [0.05, 0.1) is 13.5 Å². The molecule has 1 atom stereocenters. The summed E-state index contributed by atoms with van der Waals surface area (Å²) in [5, 5.41) is 9.27. The molecule has 180 valence electrons. The number of aromatic nitrogens is 1. The van der Waals surface area contributed by atoms with E-state index in [1.54, 1.807) is 7.11 Å². The van der Waals surface area contributed by atoms with Crippen LogP contribution in [-0.2, 0) is 16.8 Å². The zero-order valence-corrected chi connectivity index (χ0v) is 20.8. The third-order valence-electron chi connectivity index (χ3n) is 5.94. The summed E-state index contributed by atoms with van der Waals surface area (Å²) in [5.41, 5.74) is 5.44. The predicted molar refractivity (Wildman–Crippen MR) is 136 cm³/mol. The maximum atomic E-state index is 11.3. The molecule has 0 unspecified atom stereocenters. The van der Waals surface area contributed by atoms with Crippen molar-refractivity contribution in [3.63, 3.8) is 0 Å². The molecule has 3 rings (SSSR count). The Morgan fingerprint density at radius 3 is 2.50 bits per heavy atom. The normalized spacial score (nSPS) is 12.3. The number of carboxylic acids is 1. The van der Waals surface area contributed by atoms with Gasteiger partial charge in [0.1, 0.15) is 12.4 Å². The molecule has 0 saturated carbocycles. The van der Waals surface area contributed by atoms with E-state index in [4.69, 9.17) is 9.47 Å². The van der Waals surface area contributed by atoms with E-state index in [0.29, 0.717) is 12.5 Å². The first-order valence-corrected chi connectivity index (χ1v) is 11.8. The van der Waals surface area contributed by atoms with Crippen LogP contribution < -0.4 is 9.47 Å². The third-order valence-corrected chi connectivity index (χ3v) is 5.94. The van der Waals surface area contributed by atoms with Gasteiger partial charge in [-0.15, -0.1) is 0 Å². The fourth-order valence-corrected chi connectivity index (χ4v) is 4.18. The average molecular weight is 462 g/mol. The molecule has 5 nitrogen and oxygen atoms in total. The second kappa shape index (κ2) is 11.2. The van der Waals surface area contributed by atoms with Crippen LogP contribution in [0.15, 0.2) is 60.8 Å². The molecule has 2 aromatic carbocycles. The number of carboxylic acid groups (broad SMARTS) is 1. The lowest BCUT2D eigenvalue weighted by molar-refractivity contribution is -0.137. The Morgan fingerprint density at radius 2 is 1.88 bits per heavy atom. The molecule has 0 aliphatic rings. The Bertz CT molecular complexity index is 1100. The molecule has 1 N–H and O–H groups in total. The zero-order valence-electron chi connectivity index (χ0n) is 20.8. The number of methoxy groups -OCH3 is 1. The summed E-state index contributed by atoms with van der Waals surface area (Å²) in [4.78, 5) is 15.7. The number of hydrogen-bond acceptors (Lipinski definition) is 4. The molecular weight excluding hydrogens is 426 g/mol. The van der Waals surface area contributed by atoms with Gasteiger partial charge in [-0.2, -0.15) is 0 Å². The second-order valence-corrected chi connectivity index (χ2v) is 9.66. The largest absolute Gasteiger partial charge is 0.489 e. The van der Waals surface area contributed by atoms with Crippen LogP contribution in [0.1, 0.15) is 69.6 Å². The number of nitrogens with zero attached hydrogens (tertiary/aromatic N) is 1. The average Bonchev–Trinajstić information content (AvgIpc) is 2.82. The number of benzene rings is 2. The van der Waals surface area contributed by atoms with Crippen LogP contribution in [0.5, 0.6) is 11.6 Å². The number of carbonyl (C=O) groups is 1. The minimum Gasteiger partial charge on any atom is -0.489 e. The SMILES string of the molecule is CCC[C@H](CC(=O)O)c1cccc(OCc2ccc(-c3ccc(OC)nc3)c(C(C)(C)C)c2)c1. The summed E-state index contributed by atoms with van der Waals surface area (Å²) >= 11 is 0. The number of ether oxygens (including phenoxy) is 2. The van der Waals surface area contributed by atoms with Gasteiger partial charge in [-0.3, -0.25) is 4.79 Å². The Hall–Kier alpha value is -3.34. The van der Waals surface area contributed by atoms with E-state index in [1.165, 1.54) is 5.56 Å². The molecule has 0 fully saturated rings. The highest BCUT2D eigenvalue weighted by molar-refractivity contribution is 5.69.